The smallest absolute Gasteiger partial charge is 0.221 e. The van der Waals surface area contributed by atoms with Gasteiger partial charge < -0.3 is 11.5 Å². The molecule has 0 aromatic rings. The van der Waals surface area contributed by atoms with Gasteiger partial charge in [-0.05, 0) is 19.9 Å². The van der Waals surface area contributed by atoms with E-state index in [0.29, 0.717) is 13.1 Å². The molecule has 0 saturated carbocycles. The molecule has 1 amide bonds. The summed E-state index contributed by atoms with van der Waals surface area (Å²) in [6, 6.07) is 0. The standard InChI is InChI=1S/C11H25N3O/c1-5-11(6-2,8-12)14(4)7-9(3)10(13)15/h9H,5-8,12H2,1-4H3,(H2,13,15). The lowest BCUT2D eigenvalue weighted by Crippen LogP contribution is -2.53. The summed E-state index contributed by atoms with van der Waals surface area (Å²) in [6.07, 6.45) is 1.98. The van der Waals surface area contributed by atoms with Gasteiger partial charge in [0.1, 0.15) is 0 Å². The largest absolute Gasteiger partial charge is 0.369 e. The van der Waals surface area contributed by atoms with Crippen molar-refractivity contribution in [1.29, 1.82) is 0 Å². The first-order valence-electron chi connectivity index (χ1n) is 5.64. The molecule has 4 nitrogen and oxygen atoms in total. The highest BCUT2D eigenvalue weighted by molar-refractivity contribution is 5.76. The minimum atomic E-state index is -0.250. The fraction of sp³-hybridized carbons (Fsp3) is 0.909. The highest BCUT2D eigenvalue weighted by atomic mass is 16.1. The predicted molar refractivity (Wildman–Crippen MR) is 63.4 cm³/mol. The van der Waals surface area contributed by atoms with E-state index in [-0.39, 0.29) is 17.4 Å². The van der Waals surface area contributed by atoms with Crippen molar-refractivity contribution >= 4 is 5.91 Å². The van der Waals surface area contributed by atoms with Gasteiger partial charge in [0, 0.05) is 24.5 Å². The summed E-state index contributed by atoms with van der Waals surface area (Å²) in [7, 11) is 2.01. The van der Waals surface area contributed by atoms with Gasteiger partial charge in [-0.15, -0.1) is 0 Å². The molecule has 0 heterocycles. The van der Waals surface area contributed by atoms with E-state index in [1.54, 1.807) is 0 Å². The fourth-order valence-electron chi connectivity index (χ4n) is 1.93. The van der Waals surface area contributed by atoms with Gasteiger partial charge in [-0.25, -0.2) is 0 Å². The molecule has 1 atom stereocenters. The Kier molecular flexibility index (Phi) is 5.83. The van der Waals surface area contributed by atoms with Crippen LogP contribution in [0.1, 0.15) is 33.6 Å². The van der Waals surface area contributed by atoms with E-state index in [0.717, 1.165) is 12.8 Å². The van der Waals surface area contributed by atoms with E-state index >= 15 is 0 Å². The lowest BCUT2D eigenvalue weighted by Gasteiger charge is -2.41. The van der Waals surface area contributed by atoms with E-state index in [2.05, 4.69) is 18.7 Å². The zero-order valence-electron chi connectivity index (χ0n) is 10.4. The van der Waals surface area contributed by atoms with E-state index < -0.39 is 0 Å². The predicted octanol–water partition coefficient (Wildman–Crippen LogP) is 0.557. The van der Waals surface area contributed by atoms with Crippen LogP contribution >= 0.6 is 0 Å². The minimum absolute atomic E-state index is 0.00368. The second-order valence-electron chi connectivity index (χ2n) is 4.32. The first-order chi connectivity index (χ1) is 6.93. The normalized spacial score (nSPS) is 14.3. The molecule has 0 aliphatic carbocycles. The molecule has 0 spiro atoms. The lowest BCUT2D eigenvalue weighted by atomic mass is 9.90. The van der Waals surface area contributed by atoms with Crippen molar-refractivity contribution in [3.05, 3.63) is 0 Å². The fourth-order valence-corrected chi connectivity index (χ4v) is 1.93. The zero-order valence-corrected chi connectivity index (χ0v) is 10.4. The summed E-state index contributed by atoms with van der Waals surface area (Å²) >= 11 is 0. The molecule has 90 valence electrons. The molecule has 0 aliphatic heterocycles. The molecule has 0 aromatic heterocycles. The second-order valence-corrected chi connectivity index (χ2v) is 4.32. The Labute approximate surface area is 93.0 Å². The molecule has 15 heavy (non-hydrogen) atoms. The number of carbonyl (C=O) groups is 1. The number of rotatable bonds is 7. The van der Waals surface area contributed by atoms with Crippen molar-refractivity contribution in [3.8, 4) is 0 Å². The number of nitrogens with two attached hydrogens (primary N) is 2. The topological polar surface area (TPSA) is 72.3 Å². The molecule has 1 unspecified atom stereocenters. The van der Waals surface area contributed by atoms with Gasteiger partial charge in [0.05, 0.1) is 0 Å². The van der Waals surface area contributed by atoms with Crippen molar-refractivity contribution in [2.75, 3.05) is 20.1 Å². The maximum Gasteiger partial charge on any atom is 0.221 e. The zero-order chi connectivity index (χ0) is 12.1. The third-order valence-electron chi connectivity index (χ3n) is 3.54. The first kappa shape index (κ1) is 14.4. The van der Waals surface area contributed by atoms with Gasteiger partial charge in [-0.3, -0.25) is 9.69 Å². The van der Waals surface area contributed by atoms with Crippen molar-refractivity contribution in [3.63, 3.8) is 0 Å². The summed E-state index contributed by atoms with van der Waals surface area (Å²) in [5, 5.41) is 0. The number of primary amides is 1. The lowest BCUT2D eigenvalue weighted by molar-refractivity contribution is -0.122. The number of nitrogens with zero attached hydrogens (tertiary/aromatic N) is 1. The summed E-state index contributed by atoms with van der Waals surface area (Å²) in [5.74, 6) is -0.376. The van der Waals surface area contributed by atoms with Gasteiger partial charge in [-0.2, -0.15) is 0 Å². The highest BCUT2D eigenvalue weighted by Crippen LogP contribution is 2.22. The Bertz CT molecular complexity index is 194. The van der Waals surface area contributed by atoms with Crippen LogP contribution in [0.5, 0.6) is 0 Å². The number of amides is 1. The Morgan fingerprint density at radius 1 is 1.40 bits per heavy atom. The summed E-state index contributed by atoms with van der Waals surface area (Å²) in [4.78, 5) is 13.2. The summed E-state index contributed by atoms with van der Waals surface area (Å²) < 4.78 is 0. The van der Waals surface area contributed by atoms with Gasteiger partial charge >= 0.3 is 0 Å². The van der Waals surface area contributed by atoms with Crippen LogP contribution < -0.4 is 11.5 Å². The maximum absolute atomic E-state index is 11.0. The molecule has 4 N–H and O–H groups in total. The minimum Gasteiger partial charge on any atom is -0.369 e. The average molecular weight is 215 g/mol. The number of likely N-dealkylation sites (N-methyl/N-ethyl adjacent to an activating group) is 1. The Morgan fingerprint density at radius 3 is 2.13 bits per heavy atom. The number of hydrogen-bond donors (Lipinski definition) is 2. The maximum atomic E-state index is 11.0. The van der Waals surface area contributed by atoms with Gasteiger partial charge in [0.2, 0.25) is 5.91 Å². The van der Waals surface area contributed by atoms with Gasteiger partial charge in [0.25, 0.3) is 0 Å². The number of hydrogen-bond acceptors (Lipinski definition) is 3. The Morgan fingerprint density at radius 2 is 1.87 bits per heavy atom. The molecule has 0 aliphatic rings. The average Bonchev–Trinajstić information content (AvgIpc) is 2.21. The Hall–Kier alpha value is -0.610. The third kappa shape index (κ3) is 3.47. The molecule has 0 fully saturated rings. The van der Waals surface area contributed by atoms with E-state index in [9.17, 15) is 4.79 Å². The molecule has 0 bridgehead atoms. The molecule has 4 heteroatoms. The van der Waals surface area contributed by atoms with Crippen LogP contribution in [0.25, 0.3) is 0 Å². The molecule has 0 radical (unpaired) electrons. The van der Waals surface area contributed by atoms with Crippen molar-refractivity contribution in [1.82, 2.24) is 4.90 Å². The molecular weight excluding hydrogens is 190 g/mol. The van der Waals surface area contributed by atoms with Crippen molar-refractivity contribution < 1.29 is 4.79 Å². The van der Waals surface area contributed by atoms with Crippen LogP contribution in [0, 0.1) is 5.92 Å². The highest BCUT2D eigenvalue weighted by Gasteiger charge is 2.30. The SMILES string of the molecule is CCC(CC)(CN)N(C)CC(C)C(N)=O. The number of carbonyl (C=O) groups excluding carboxylic acids is 1. The van der Waals surface area contributed by atoms with E-state index in [1.165, 1.54) is 0 Å². The quantitative estimate of drug-likeness (QED) is 0.651. The molecule has 0 aromatic carbocycles. The van der Waals surface area contributed by atoms with Crippen LogP contribution in [0.15, 0.2) is 0 Å². The first-order valence-corrected chi connectivity index (χ1v) is 5.64. The van der Waals surface area contributed by atoms with Gasteiger partial charge in [0.15, 0.2) is 0 Å². The summed E-state index contributed by atoms with van der Waals surface area (Å²) in [6.45, 7) is 7.39. The molecule has 0 saturated heterocycles. The van der Waals surface area contributed by atoms with E-state index in [4.69, 9.17) is 11.5 Å². The van der Waals surface area contributed by atoms with Crippen LogP contribution in [-0.2, 0) is 4.79 Å². The summed E-state index contributed by atoms with van der Waals surface area (Å²) in [5.41, 5.74) is 11.1. The molecular formula is C11H25N3O. The third-order valence-corrected chi connectivity index (χ3v) is 3.54. The molecule has 0 rings (SSSR count). The second kappa shape index (κ2) is 6.08. The van der Waals surface area contributed by atoms with Crippen LogP contribution in [0.2, 0.25) is 0 Å². The van der Waals surface area contributed by atoms with E-state index in [1.807, 2.05) is 14.0 Å². The van der Waals surface area contributed by atoms with Crippen LogP contribution in [-0.4, -0.2) is 36.5 Å². The monoisotopic (exact) mass is 215 g/mol. The Balaban J connectivity index is 4.51. The van der Waals surface area contributed by atoms with Crippen LogP contribution in [0.4, 0.5) is 0 Å². The van der Waals surface area contributed by atoms with Crippen molar-refractivity contribution in [2.45, 2.75) is 39.2 Å². The van der Waals surface area contributed by atoms with Crippen molar-refractivity contribution in [2.24, 2.45) is 17.4 Å². The van der Waals surface area contributed by atoms with Gasteiger partial charge in [-0.1, -0.05) is 20.8 Å². The van der Waals surface area contributed by atoms with Crippen LogP contribution in [0.3, 0.4) is 0 Å².